The molecule has 2 heterocycles. The van der Waals surface area contributed by atoms with Crippen molar-refractivity contribution in [2.45, 2.75) is 74.9 Å². The summed E-state index contributed by atoms with van der Waals surface area (Å²) in [7, 11) is 2.90. The molecule has 2 saturated heterocycles. The van der Waals surface area contributed by atoms with E-state index in [1.165, 1.54) is 21.1 Å². The minimum absolute atomic E-state index is 0.0494. The van der Waals surface area contributed by atoms with Gasteiger partial charge in [0.2, 0.25) is 5.91 Å². The maximum atomic E-state index is 12.6. The Balaban J connectivity index is 2.08. The van der Waals surface area contributed by atoms with E-state index in [0.717, 1.165) is 0 Å². The molecular weight excluding hydrogens is 520 g/mol. The molecule has 0 aromatic heterocycles. The molecule has 0 aliphatic carbocycles. The molecule has 0 radical (unpaired) electrons. The lowest BCUT2D eigenvalue weighted by Crippen LogP contribution is -2.64. The third-order valence-electron chi connectivity index (χ3n) is 7.17. The van der Waals surface area contributed by atoms with Gasteiger partial charge in [0.15, 0.2) is 0 Å². The van der Waals surface area contributed by atoms with Gasteiger partial charge >= 0.3 is 0 Å². The van der Waals surface area contributed by atoms with E-state index in [-0.39, 0.29) is 63.9 Å². The van der Waals surface area contributed by atoms with Crippen LogP contribution in [-0.4, -0.2) is 140 Å². The van der Waals surface area contributed by atoms with E-state index in [2.05, 4.69) is 5.32 Å². The molecule has 0 aromatic rings. The Bertz CT molecular complexity index is 784. The van der Waals surface area contributed by atoms with Gasteiger partial charge in [-0.3, -0.25) is 14.4 Å². The highest BCUT2D eigenvalue weighted by molar-refractivity contribution is 5.99. The van der Waals surface area contributed by atoms with E-state index < -0.39 is 73.1 Å². The van der Waals surface area contributed by atoms with Crippen molar-refractivity contribution in [2.75, 3.05) is 53.9 Å². The third-order valence-corrected chi connectivity index (χ3v) is 7.17. The number of hydrogen-bond acceptors (Lipinski definition) is 13. The number of ether oxygens (including phenoxy) is 5. The number of rotatable bonds is 16. The van der Waals surface area contributed by atoms with Crippen LogP contribution in [0.3, 0.4) is 0 Å². The fourth-order valence-electron chi connectivity index (χ4n) is 5.05. The molecule has 14 nitrogen and oxygen atoms in total. The second-order valence-corrected chi connectivity index (χ2v) is 10.1. The first-order valence-corrected chi connectivity index (χ1v) is 13.1. The standard InChI is InChI=1S/C25H44N2O12/c1-13(30)6-14(31)4-5-21(32)27-23-20(39-17(7-28)15(9-35-2)25(23)34)12-37-10-16-18(8-29)38-19(11-36-3)22(26)24(16)33/h15-20,22-25,28-29,33-34H,4-12,26H2,1-3H3,(H,27,32). The Kier molecular flexibility index (Phi) is 14.3. The molecule has 10 atom stereocenters. The van der Waals surface area contributed by atoms with Crippen LogP contribution < -0.4 is 11.1 Å². The zero-order valence-electron chi connectivity index (χ0n) is 22.8. The number of nitrogens with two attached hydrogens (primary N) is 1. The number of carbonyl (C=O) groups is 3. The Morgan fingerprint density at radius 1 is 0.821 bits per heavy atom. The van der Waals surface area contributed by atoms with Crippen molar-refractivity contribution in [1.29, 1.82) is 0 Å². The summed E-state index contributed by atoms with van der Waals surface area (Å²) in [6.45, 7) is 0.443. The molecule has 0 aromatic carbocycles. The molecule has 10 unspecified atom stereocenters. The van der Waals surface area contributed by atoms with Gasteiger partial charge in [0.25, 0.3) is 0 Å². The van der Waals surface area contributed by atoms with E-state index in [4.69, 9.17) is 29.4 Å². The lowest BCUT2D eigenvalue weighted by molar-refractivity contribution is -0.206. The summed E-state index contributed by atoms with van der Waals surface area (Å²) in [6, 6.07) is -1.75. The number of aliphatic hydroxyl groups excluding tert-OH is 4. The average molecular weight is 565 g/mol. The molecule has 0 spiro atoms. The molecule has 1 amide bonds. The molecule has 2 aliphatic heterocycles. The monoisotopic (exact) mass is 564 g/mol. The van der Waals surface area contributed by atoms with Gasteiger partial charge in [0, 0.05) is 38.9 Å². The van der Waals surface area contributed by atoms with E-state index in [0.29, 0.717) is 0 Å². The van der Waals surface area contributed by atoms with Crippen LogP contribution in [0.1, 0.15) is 26.2 Å². The Hall–Kier alpha value is -1.59. The number of methoxy groups -OCH3 is 2. The maximum Gasteiger partial charge on any atom is 0.220 e. The summed E-state index contributed by atoms with van der Waals surface area (Å²) < 4.78 is 27.8. The average Bonchev–Trinajstić information content (AvgIpc) is 2.89. The Labute approximate surface area is 228 Å². The van der Waals surface area contributed by atoms with Crippen LogP contribution in [0.4, 0.5) is 0 Å². The number of carbonyl (C=O) groups excluding carboxylic acids is 3. The highest BCUT2D eigenvalue weighted by atomic mass is 16.6. The van der Waals surface area contributed by atoms with Gasteiger partial charge in [-0.1, -0.05) is 0 Å². The normalized spacial score (nSPS) is 35.0. The van der Waals surface area contributed by atoms with Crippen LogP contribution >= 0.6 is 0 Å². The van der Waals surface area contributed by atoms with Gasteiger partial charge in [-0.25, -0.2) is 0 Å². The maximum absolute atomic E-state index is 12.6. The van der Waals surface area contributed by atoms with Crippen molar-refractivity contribution >= 4 is 17.5 Å². The molecule has 2 rings (SSSR count). The fourth-order valence-corrected chi connectivity index (χ4v) is 5.05. The quantitative estimate of drug-likeness (QED) is 0.103. The largest absolute Gasteiger partial charge is 0.394 e. The molecule has 0 bridgehead atoms. The van der Waals surface area contributed by atoms with Crippen molar-refractivity contribution in [2.24, 2.45) is 17.6 Å². The predicted octanol–water partition coefficient (Wildman–Crippen LogP) is -3.09. The van der Waals surface area contributed by atoms with Gasteiger partial charge in [0.05, 0.1) is 88.7 Å². The van der Waals surface area contributed by atoms with E-state index in [9.17, 15) is 34.8 Å². The van der Waals surface area contributed by atoms with Crippen LogP contribution in [0.15, 0.2) is 0 Å². The van der Waals surface area contributed by atoms with Crippen molar-refractivity contribution in [1.82, 2.24) is 5.32 Å². The minimum Gasteiger partial charge on any atom is -0.394 e. The molecule has 7 N–H and O–H groups in total. The topological polar surface area (TPSA) is 216 Å². The van der Waals surface area contributed by atoms with Crippen LogP contribution in [0.2, 0.25) is 0 Å². The summed E-state index contributed by atoms with van der Waals surface area (Å²) in [5.74, 6) is -2.54. The number of aliphatic hydroxyl groups is 4. The number of amides is 1. The van der Waals surface area contributed by atoms with Gasteiger partial charge in [-0.15, -0.1) is 0 Å². The van der Waals surface area contributed by atoms with E-state index >= 15 is 0 Å². The zero-order valence-corrected chi connectivity index (χ0v) is 22.8. The molecule has 2 aliphatic rings. The number of nitrogens with one attached hydrogen (secondary N) is 1. The van der Waals surface area contributed by atoms with Crippen LogP contribution in [0.25, 0.3) is 0 Å². The summed E-state index contributed by atoms with van der Waals surface area (Å²) in [6.07, 6.45) is -5.92. The predicted molar refractivity (Wildman–Crippen MR) is 135 cm³/mol. The smallest absolute Gasteiger partial charge is 0.220 e. The molecule has 39 heavy (non-hydrogen) atoms. The molecule has 226 valence electrons. The molecular formula is C25H44N2O12. The highest BCUT2D eigenvalue weighted by Gasteiger charge is 2.47. The van der Waals surface area contributed by atoms with Crippen molar-refractivity contribution < 1.29 is 58.5 Å². The van der Waals surface area contributed by atoms with Gasteiger partial charge in [0.1, 0.15) is 17.7 Å². The van der Waals surface area contributed by atoms with E-state index in [1.54, 1.807) is 0 Å². The number of ketones is 2. The van der Waals surface area contributed by atoms with Gasteiger partial charge in [-0.2, -0.15) is 0 Å². The first-order valence-electron chi connectivity index (χ1n) is 13.1. The minimum atomic E-state index is -1.18. The summed E-state index contributed by atoms with van der Waals surface area (Å²) >= 11 is 0. The molecule has 2 fully saturated rings. The molecule has 0 saturated carbocycles. The lowest BCUT2D eigenvalue weighted by atomic mass is 9.85. The highest BCUT2D eigenvalue weighted by Crippen LogP contribution is 2.29. The first kappa shape index (κ1) is 33.6. The third kappa shape index (κ3) is 9.49. The van der Waals surface area contributed by atoms with Crippen LogP contribution in [-0.2, 0) is 38.1 Å². The lowest BCUT2D eigenvalue weighted by Gasteiger charge is -2.45. The fraction of sp³-hybridized carbons (Fsp3) is 0.880. The van der Waals surface area contributed by atoms with Crippen LogP contribution in [0.5, 0.6) is 0 Å². The van der Waals surface area contributed by atoms with Crippen LogP contribution in [0, 0.1) is 11.8 Å². The van der Waals surface area contributed by atoms with Crippen molar-refractivity contribution in [3.05, 3.63) is 0 Å². The second-order valence-electron chi connectivity index (χ2n) is 10.1. The van der Waals surface area contributed by atoms with Crippen molar-refractivity contribution in [3.8, 4) is 0 Å². The second kappa shape index (κ2) is 16.6. The summed E-state index contributed by atoms with van der Waals surface area (Å²) in [5, 5.41) is 44.2. The summed E-state index contributed by atoms with van der Waals surface area (Å²) in [5.41, 5.74) is 6.10. The van der Waals surface area contributed by atoms with Gasteiger partial charge < -0.3 is 55.2 Å². The zero-order chi connectivity index (χ0) is 29.1. The van der Waals surface area contributed by atoms with Gasteiger partial charge in [-0.05, 0) is 6.92 Å². The Morgan fingerprint density at radius 3 is 1.97 bits per heavy atom. The molecule has 14 heteroatoms. The summed E-state index contributed by atoms with van der Waals surface area (Å²) in [4.78, 5) is 35.6. The SMILES string of the molecule is COCC1OC(CO)C(COCC2OC(CO)C(COC)C(O)C2NC(=O)CCC(=O)CC(C)=O)C(O)C1N. The number of hydrogen-bond donors (Lipinski definition) is 6. The first-order chi connectivity index (χ1) is 18.6. The number of Topliss-reactive ketones (excluding diaryl/α,β-unsaturated/α-hetero) is 2. The van der Waals surface area contributed by atoms with E-state index in [1.807, 2.05) is 0 Å². The van der Waals surface area contributed by atoms with Crippen molar-refractivity contribution in [3.63, 3.8) is 0 Å². The Morgan fingerprint density at radius 2 is 1.41 bits per heavy atom.